The smallest absolute Gasteiger partial charge is 0.161 e. The van der Waals surface area contributed by atoms with Gasteiger partial charge in [-0.2, -0.15) is 0 Å². The number of alkyl halides is 1. The van der Waals surface area contributed by atoms with Gasteiger partial charge in [0, 0.05) is 23.2 Å². The number of hydrogen-bond acceptors (Lipinski definition) is 5. The van der Waals surface area contributed by atoms with Gasteiger partial charge in [0.25, 0.3) is 0 Å². The van der Waals surface area contributed by atoms with Crippen LogP contribution in [0.15, 0.2) is 47.8 Å². The van der Waals surface area contributed by atoms with Crippen LogP contribution in [0.4, 0.5) is 0 Å². The molecule has 9 heteroatoms. The number of carbonyl (C=O) groups excluding carboxylic acids is 1. The Morgan fingerprint density at radius 3 is 1.62 bits per heavy atom. The molecule has 0 unspecified atom stereocenters. The Morgan fingerprint density at radius 2 is 1.42 bits per heavy atom. The highest BCUT2D eigenvalue weighted by Crippen LogP contribution is 2.24. The van der Waals surface area contributed by atoms with E-state index in [1.807, 2.05) is 34.3 Å². The van der Waals surface area contributed by atoms with Crippen LogP contribution in [0.3, 0.4) is 0 Å². The van der Waals surface area contributed by atoms with Crippen LogP contribution >= 0.6 is 93.4 Å². The lowest BCUT2D eigenvalue weighted by molar-refractivity contribution is 0.112. The monoisotopic (exact) mass is 592 g/mol. The summed E-state index contributed by atoms with van der Waals surface area (Å²) >= 11 is 20.0. The van der Waals surface area contributed by atoms with Crippen LogP contribution in [0.2, 0.25) is 0 Å². The van der Waals surface area contributed by atoms with E-state index in [1.165, 1.54) is 16.2 Å². The van der Waals surface area contributed by atoms with Crippen molar-refractivity contribution in [2.45, 2.75) is 12.5 Å². The van der Waals surface area contributed by atoms with E-state index in [-0.39, 0.29) is 6.61 Å². The summed E-state index contributed by atoms with van der Waals surface area (Å²) < 4.78 is 3.01. The number of aldehydes is 1. The molecule has 24 heavy (non-hydrogen) atoms. The molecule has 0 aliphatic rings. The third-order valence-electron chi connectivity index (χ3n) is 2.40. The molecule has 0 aliphatic carbocycles. The molecule has 3 rings (SSSR count). The third-order valence-corrected chi connectivity index (χ3v) is 8.46. The highest BCUT2D eigenvalue weighted by Gasteiger charge is 1.97. The molecule has 0 fully saturated rings. The van der Waals surface area contributed by atoms with Crippen LogP contribution in [0.1, 0.15) is 19.4 Å². The zero-order valence-corrected chi connectivity index (χ0v) is 20.0. The minimum absolute atomic E-state index is 0.137. The van der Waals surface area contributed by atoms with Crippen molar-refractivity contribution >= 4 is 99.7 Å². The molecule has 0 aromatic carbocycles. The molecule has 0 saturated carbocycles. The van der Waals surface area contributed by atoms with E-state index in [1.54, 1.807) is 22.7 Å². The van der Waals surface area contributed by atoms with Crippen molar-refractivity contribution in [1.82, 2.24) is 0 Å². The second-order valence-corrected chi connectivity index (χ2v) is 9.71. The van der Waals surface area contributed by atoms with E-state index in [0.717, 1.165) is 29.5 Å². The van der Waals surface area contributed by atoms with Crippen molar-refractivity contribution < 1.29 is 9.90 Å². The van der Waals surface area contributed by atoms with Crippen LogP contribution in [0.5, 0.6) is 0 Å². The van der Waals surface area contributed by atoms with Crippen molar-refractivity contribution in [3.63, 3.8) is 0 Å². The number of halogens is 4. The van der Waals surface area contributed by atoms with Crippen molar-refractivity contribution in [2.24, 2.45) is 0 Å². The van der Waals surface area contributed by atoms with Gasteiger partial charge in [0.1, 0.15) is 0 Å². The van der Waals surface area contributed by atoms with E-state index in [9.17, 15) is 4.79 Å². The second kappa shape index (κ2) is 12.8. The first-order chi connectivity index (χ1) is 11.5. The zero-order chi connectivity index (χ0) is 17.9. The Morgan fingerprint density at radius 1 is 0.917 bits per heavy atom. The third kappa shape index (κ3) is 7.78. The molecule has 0 saturated heterocycles. The molecule has 130 valence electrons. The van der Waals surface area contributed by atoms with Gasteiger partial charge in [-0.05, 0) is 82.1 Å². The maximum atomic E-state index is 10.1. The fourth-order valence-electron chi connectivity index (χ4n) is 1.25. The predicted molar refractivity (Wildman–Crippen MR) is 117 cm³/mol. The SMILES string of the molecule is ClCc1sccc1Br.O=Cc1sccc1Br.OCc1sccc1Br. The first kappa shape index (κ1) is 22.5. The number of aliphatic hydroxyl groups excluding tert-OH is 1. The first-order valence-corrected chi connectivity index (χ1v) is 11.9. The van der Waals surface area contributed by atoms with Gasteiger partial charge in [0.2, 0.25) is 0 Å². The van der Waals surface area contributed by atoms with E-state index >= 15 is 0 Å². The highest BCUT2D eigenvalue weighted by molar-refractivity contribution is 9.11. The van der Waals surface area contributed by atoms with Gasteiger partial charge in [-0.1, -0.05) is 0 Å². The molecule has 3 heterocycles. The summed E-state index contributed by atoms with van der Waals surface area (Å²) in [6, 6.07) is 5.78. The van der Waals surface area contributed by atoms with Gasteiger partial charge < -0.3 is 5.11 Å². The molecular weight excluding hydrogens is 584 g/mol. The van der Waals surface area contributed by atoms with Crippen molar-refractivity contribution in [3.8, 4) is 0 Å². The van der Waals surface area contributed by atoms with Crippen LogP contribution in [0.25, 0.3) is 0 Å². The fraction of sp³-hybridized carbons (Fsp3) is 0.133. The summed E-state index contributed by atoms with van der Waals surface area (Å²) in [4.78, 5) is 13.0. The Bertz CT molecular complexity index is 699. The van der Waals surface area contributed by atoms with Gasteiger partial charge >= 0.3 is 0 Å². The maximum Gasteiger partial charge on any atom is 0.161 e. The topological polar surface area (TPSA) is 37.3 Å². The Balaban J connectivity index is 0.000000180. The fourth-order valence-corrected chi connectivity index (χ4v) is 5.69. The predicted octanol–water partition coefficient (Wildman–Crippen LogP) is 7.58. The standard InChI is InChI=1S/C5H4BrClS.C5H5BrOS.C5H3BrOS/c3*6-4-1-2-8-5(4)3-7/h1-2H,3H2;1-2,7H,3H2;1-3H. The largest absolute Gasteiger partial charge is 0.391 e. The average Bonchev–Trinajstić information content (AvgIpc) is 3.29. The van der Waals surface area contributed by atoms with Crippen molar-refractivity contribution in [2.75, 3.05) is 0 Å². The number of thiophene rings is 3. The number of carbonyl (C=O) groups is 1. The van der Waals surface area contributed by atoms with E-state index in [2.05, 4.69) is 47.8 Å². The van der Waals surface area contributed by atoms with Crippen molar-refractivity contribution in [3.05, 3.63) is 62.4 Å². The van der Waals surface area contributed by atoms with Crippen LogP contribution < -0.4 is 0 Å². The van der Waals surface area contributed by atoms with Crippen LogP contribution in [0, 0.1) is 0 Å². The Labute approximate surface area is 182 Å². The number of hydrogen-bond donors (Lipinski definition) is 1. The van der Waals surface area contributed by atoms with E-state index in [0.29, 0.717) is 5.88 Å². The highest BCUT2D eigenvalue weighted by atomic mass is 79.9. The summed E-state index contributed by atoms with van der Waals surface area (Å²) in [7, 11) is 0. The quantitative estimate of drug-likeness (QED) is 0.251. The Hall–Kier alpha value is 0.460. The number of aliphatic hydroxyl groups is 1. The van der Waals surface area contributed by atoms with Crippen molar-refractivity contribution in [1.29, 1.82) is 0 Å². The van der Waals surface area contributed by atoms with Gasteiger partial charge in [-0.3, -0.25) is 4.79 Å². The molecule has 0 aliphatic heterocycles. The molecule has 0 radical (unpaired) electrons. The molecule has 2 nitrogen and oxygen atoms in total. The minimum Gasteiger partial charge on any atom is -0.391 e. The summed E-state index contributed by atoms with van der Waals surface area (Å²) in [6.45, 7) is 0.137. The van der Waals surface area contributed by atoms with Crippen LogP contribution in [-0.4, -0.2) is 11.4 Å². The lowest BCUT2D eigenvalue weighted by Crippen LogP contribution is -1.73. The summed E-state index contributed by atoms with van der Waals surface area (Å²) in [5, 5.41) is 14.4. The first-order valence-electron chi connectivity index (χ1n) is 6.32. The zero-order valence-electron chi connectivity index (χ0n) is 12.0. The summed E-state index contributed by atoms with van der Waals surface area (Å²) in [5.41, 5.74) is 0. The van der Waals surface area contributed by atoms with E-state index in [4.69, 9.17) is 16.7 Å². The second-order valence-electron chi connectivity index (χ2n) is 3.93. The van der Waals surface area contributed by atoms with Gasteiger partial charge in [0.05, 0.1) is 17.4 Å². The molecule has 0 spiro atoms. The maximum absolute atomic E-state index is 10.1. The molecule has 1 N–H and O–H groups in total. The van der Waals surface area contributed by atoms with Gasteiger partial charge in [-0.25, -0.2) is 0 Å². The minimum atomic E-state index is 0.137. The molecule has 3 aromatic rings. The molecule has 0 amide bonds. The molecule has 0 atom stereocenters. The summed E-state index contributed by atoms with van der Waals surface area (Å²) in [5.74, 6) is 0.609. The van der Waals surface area contributed by atoms with Gasteiger partial charge in [-0.15, -0.1) is 45.6 Å². The summed E-state index contributed by atoms with van der Waals surface area (Å²) in [6.07, 6.45) is 0.842. The molecule has 0 bridgehead atoms. The lowest BCUT2D eigenvalue weighted by Gasteiger charge is -1.85. The van der Waals surface area contributed by atoms with E-state index < -0.39 is 0 Å². The lowest BCUT2D eigenvalue weighted by atomic mass is 10.5. The average molecular weight is 596 g/mol. The Kier molecular flexibility index (Phi) is 12.0. The normalized spacial score (nSPS) is 9.54. The van der Waals surface area contributed by atoms with Crippen LogP contribution in [-0.2, 0) is 12.5 Å². The van der Waals surface area contributed by atoms with Gasteiger partial charge in [0.15, 0.2) is 6.29 Å². The molecular formula is C15H12Br3ClO2S3. The molecule has 3 aromatic heterocycles. The number of rotatable bonds is 3.